The number of anilines is 1. The predicted molar refractivity (Wildman–Crippen MR) is 117 cm³/mol. The van der Waals surface area contributed by atoms with Crippen molar-refractivity contribution in [2.45, 2.75) is 43.5 Å². The molecule has 1 saturated carbocycles. The maximum Gasteiger partial charge on any atom is 0.230 e. The highest BCUT2D eigenvalue weighted by molar-refractivity contribution is 7.91. The number of nitrogens with zero attached hydrogens (tertiary/aromatic N) is 2. The minimum absolute atomic E-state index is 0.0200. The quantitative estimate of drug-likeness (QED) is 0.720. The summed E-state index contributed by atoms with van der Waals surface area (Å²) < 4.78 is 25.8. The van der Waals surface area contributed by atoms with Gasteiger partial charge in [0.25, 0.3) is 0 Å². The molecule has 2 aromatic carbocycles. The molecule has 0 aromatic heterocycles. The average Bonchev–Trinajstić information content (AvgIpc) is 3.55. The molecule has 2 amide bonds. The highest BCUT2D eigenvalue weighted by Gasteiger charge is 2.36. The molecule has 0 atom stereocenters. The van der Waals surface area contributed by atoms with E-state index in [1.54, 1.807) is 28.0 Å². The van der Waals surface area contributed by atoms with Gasteiger partial charge in [-0.15, -0.1) is 0 Å². The van der Waals surface area contributed by atoms with E-state index in [1.165, 1.54) is 5.56 Å². The highest BCUT2D eigenvalue weighted by atomic mass is 32.2. The van der Waals surface area contributed by atoms with Gasteiger partial charge in [0.1, 0.15) is 0 Å². The molecule has 0 bridgehead atoms. The van der Waals surface area contributed by atoms with Crippen LogP contribution in [0.3, 0.4) is 0 Å². The van der Waals surface area contributed by atoms with Crippen LogP contribution in [0.15, 0.2) is 47.4 Å². The summed E-state index contributed by atoms with van der Waals surface area (Å²) >= 11 is 0. The molecule has 1 fully saturated rings. The summed E-state index contributed by atoms with van der Waals surface area (Å²) in [6, 6.07) is 13.1. The summed E-state index contributed by atoms with van der Waals surface area (Å²) in [5.74, 6) is -0.0290. The summed E-state index contributed by atoms with van der Waals surface area (Å²) in [6.07, 6.45) is 3.36. The van der Waals surface area contributed by atoms with Crippen LogP contribution in [0.2, 0.25) is 0 Å². The molecule has 0 spiro atoms. The van der Waals surface area contributed by atoms with Gasteiger partial charge in [-0.25, -0.2) is 8.42 Å². The number of rotatable bonds is 5. The third-order valence-corrected chi connectivity index (χ3v) is 8.28. The van der Waals surface area contributed by atoms with Crippen molar-refractivity contribution in [2.75, 3.05) is 23.7 Å². The van der Waals surface area contributed by atoms with Gasteiger partial charge in [-0.05, 0) is 60.6 Å². The topological polar surface area (TPSA) is 74.8 Å². The summed E-state index contributed by atoms with van der Waals surface area (Å²) in [6.45, 7) is 1.78. The van der Waals surface area contributed by atoms with Crippen LogP contribution in [0.5, 0.6) is 0 Å². The first-order valence-corrected chi connectivity index (χ1v) is 12.6. The van der Waals surface area contributed by atoms with Gasteiger partial charge in [-0.1, -0.05) is 24.3 Å². The smallest absolute Gasteiger partial charge is 0.230 e. The molecule has 0 radical (unpaired) electrons. The van der Waals surface area contributed by atoms with Gasteiger partial charge in [-0.2, -0.15) is 0 Å². The highest BCUT2D eigenvalue weighted by Crippen LogP contribution is 2.37. The van der Waals surface area contributed by atoms with Crippen LogP contribution in [-0.4, -0.2) is 44.0 Å². The van der Waals surface area contributed by atoms with E-state index in [0.717, 1.165) is 36.1 Å². The first-order chi connectivity index (χ1) is 14.9. The molecule has 1 aliphatic carbocycles. The lowest BCUT2D eigenvalue weighted by Crippen LogP contribution is -2.36. The van der Waals surface area contributed by atoms with Crippen LogP contribution in [-0.2, 0) is 38.8 Å². The molecule has 0 saturated heterocycles. The van der Waals surface area contributed by atoms with Gasteiger partial charge in [0.2, 0.25) is 11.8 Å². The molecule has 2 aromatic rings. The molecule has 0 N–H and O–H groups in total. The first-order valence-electron chi connectivity index (χ1n) is 10.9. The van der Waals surface area contributed by atoms with Crippen molar-refractivity contribution in [3.63, 3.8) is 0 Å². The van der Waals surface area contributed by atoms with Crippen molar-refractivity contribution in [1.82, 2.24) is 4.90 Å². The van der Waals surface area contributed by atoms with E-state index in [1.807, 2.05) is 18.2 Å². The predicted octanol–water partition coefficient (Wildman–Crippen LogP) is 2.73. The average molecular weight is 439 g/mol. The number of hydrogen-bond acceptors (Lipinski definition) is 4. The van der Waals surface area contributed by atoms with E-state index < -0.39 is 9.84 Å². The standard InChI is InChI=1S/C24H26N2O4S/c27-23(25-12-9-17-3-1-2-4-20(17)16-25)11-14-31(29,30)21-7-8-22-19(15-21)10-13-26(22)24(28)18-5-6-18/h1-4,7-8,15,18H,5-6,9-14,16H2. The van der Waals surface area contributed by atoms with Gasteiger partial charge in [0, 0.05) is 37.7 Å². The number of fused-ring (bicyclic) bond motifs is 2. The van der Waals surface area contributed by atoms with E-state index in [0.29, 0.717) is 26.1 Å². The van der Waals surface area contributed by atoms with Crippen molar-refractivity contribution < 1.29 is 18.0 Å². The Morgan fingerprint density at radius 3 is 2.45 bits per heavy atom. The number of amides is 2. The third kappa shape index (κ3) is 3.99. The second kappa shape index (κ2) is 7.79. The zero-order chi connectivity index (χ0) is 21.6. The van der Waals surface area contributed by atoms with E-state index in [-0.39, 0.29) is 34.8 Å². The molecular formula is C24H26N2O4S. The Morgan fingerprint density at radius 1 is 0.935 bits per heavy atom. The second-order valence-corrected chi connectivity index (χ2v) is 10.8. The zero-order valence-electron chi connectivity index (χ0n) is 17.4. The van der Waals surface area contributed by atoms with Crippen molar-refractivity contribution in [3.05, 3.63) is 59.2 Å². The number of hydrogen-bond donors (Lipinski definition) is 0. The van der Waals surface area contributed by atoms with Gasteiger partial charge in [0.15, 0.2) is 9.84 Å². The Kier molecular flexibility index (Phi) is 5.08. The molecule has 6 nitrogen and oxygen atoms in total. The Hall–Kier alpha value is -2.67. The van der Waals surface area contributed by atoms with Crippen molar-refractivity contribution >= 4 is 27.3 Å². The number of carbonyl (C=O) groups excluding carboxylic acids is 2. The van der Waals surface area contributed by atoms with E-state index in [4.69, 9.17) is 0 Å². The molecule has 162 valence electrons. The fourth-order valence-electron chi connectivity index (χ4n) is 4.56. The minimum atomic E-state index is -3.57. The van der Waals surface area contributed by atoms with Gasteiger partial charge < -0.3 is 9.80 Å². The lowest BCUT2D eigenvalue weighted by atomic mass is 10.00. The second-order valence-electron chi connectivity index (χ2n) is 8.71. The molecule has 2 aliphatic heterocycles. The summed E-state index contributed by atoms with van der Waals surface area (Å²) in [4.78, 5) is 28.9. The molecule has 2 heterocycles. The maximum absolute atomic E-state index is 12.9. The monoisotopic (exact) mass is 438 g/mol. The third-order valence-electron chi connectivity index (χ3n) is 6.57. The summed E-state index contributed by atoms with van der Waals surface area (Å²) in [5.41, 5.74) is 4.12. The maximum atomic E-state index is 12.9. The van der Waals surface area contributed by atoms with E-state index in [2.05, 4.69) is 6.07 Å². The van der Waals surface area contributed by atoms with Crippen molar-refractivity contribution in [3.8, 4) is 0 Å². The SMILES string of the molecule is O=C(CCS(=O)(=O)c1ccc2c(c1)CCN2C(=O)C1CC1)N1CCc2ccccc2C1. The minimum Gasteiger partial charge on any atom is -0.338 e. The Bertz CT molecular complexity index is 1150. The van der Waals surface area contributed by atoms with Gasteiger partial charge in [0.05, 0.1) is 10.6 Å². The summed E-state index contributed by atoms with van der Waals surface area (Å²) in [7, 11) is -3.57. The van der Waals surface area contributed by atoms with Crippen LogP contribution in [0.1, 0.15) is 36.0 Å². The fourth-order valence-corrected chi connectivity index (χ4v) is 5.83. The fraction of sp³-hybridized carbons (Fsp3) is 0.417. The van der Waals surface area contributed by atoms with Gasteiger partial charge >= 0.3 is 0 Å². The number of carbonyl (C=O) groups is 2. The first kappa shape index (κ1) is 20.2. The van der Waals surface area contributed by atoms with E-state index in [9.17, 15) is 18.0 Å². The van der Waals surface area contributed by atoms with Crippen LogP contribution < -0.4 is 4.90 Å². The Labute approximate surface area is 182 Å². The molecule has 0 unspecified atom stereocenters. The van der Waals surface area contributed by atoms with E-state index >= 15 is 0 Å². The van der Waals surface area contributed by atoms with Crippen LogP contribution >= 0.6 is 0 Å². The largest absolute Gasteiger partial charge is 0.338 e. The number of benzene rings is 2. The van der Waals surface area contributed by atoms with Crippen molar-refractivity contribution in [2.24, 2.45) is 5.92 Å². The van der Waals surface area contributed by atoms with Gasteiger partial charge in [-0.3, -0.25) is 9.59 Å². The molecule has 7 heteroatoms. The molecule has 3 aliphatic rings. The lowest BCUT2D eigenvalue weighted by Gasteiger charge is -2.29. The molecular weight excluding hydrogens is 412 g/mol. The zero-order valence-corrected chi connectivity index (χ0v) is 18.2. The lowest BCUT2D eigenvalue weighted by molar-refractivity contribution is -0.131. The van der Waals surface area contributed by atoms with Crippen LogP contribution in [0.25, 0.3) is 0 Å². The van der Waals surface area contributed by atoms with Crippen molar-refractivity contribution in [1.29, 1.82) is 0 Å². The molecule has 5 rings (SSSR count). The Morgan fingerprint density at radius 2 is 1.68 bits per heavy atom. The normalized spacial score (nSPS) is 17.9. The summed E-state index contributed by atoms with van der Waals surface area (Å²) in [5, 5.41) is 0. The molecule has 31 heavy (non-hydrogen) atoms. The van der Waals surface area contributed by atoms with Crippen LogP contribution in [0.4, 0.5) is 5.69 Å². The van der Waals surface area contributed by atoms with Crippen LogP contribution in [0, 0.1) is 5.92 Å². The number of sulfone groups is 1. The Balaban J connectivity index is 1.24.